The number of carbonyl (C=O) groups excluding carboxylic acids is 1. The predicted molar refractivity (Wildman–Crippen MR) is 149 cm³/mol. The van der Waals surface area contributed by atoms with Crippen molar-refractivity contribution in [2.75, 3.05) is 10.4 Å². The Bertz CT molecular complexity index is 1670. The van der Waals surface area contributed by atoms with Crippen LogP contribution in [0.3, 0.4) is 0 Å². The number of amides is 1. The first-order valence-corrected chi connectivity index (χ1v) is 12.0. The van der Waals surface area contributed by atoms with Crippen LogP contribution in [0.1, 0.15) is 16.7 Å². The molecule has 0 atom stereocenters. The van der Waals surface area contributed by atoms with E-state index in [2.05, 4.69) is 15.6 Å². The number of phenols is 1. The lowest BCUT2D eigenvalue weighted by molar-refractivity contribution is -0.112. The molecule has 39 heavy (non-hydrogen) atoms. The highest BCUT2D eigenvalue weighted by molar-refractivity contribution is 6.74. The summed E-state index contributed by atoms with van der Waals surface area (Å²) in [7, 11) is 1.87. The molecule has 0 aliphatic carbocycles. The number of aryl methyl sites for hydroxylation is 3. The summed E-state index contributed by atoms with van der Waals surface area (Å²) in [6.07, 6.45) is 2.26. The lowest BCUT2D eigenvalue weighted by atomic mass is 10.0. The van der Waals surface area contributed by atoms with E-state index >= 15 is 0 Å². The van der Waals surface area contributed by atoms with Crippen molar-refractivity contribution >= 4 is 34.9 Å². The molecule has 196 valence electrons. The minimum atomic E-state index is -1.44. The first kappa shape index (κ1) is 25.3. The van der Waals surface area contributed by atoms with Crippen LogP contribution in [0.15, 0.2) is 89.3 Å². The number of aromatic nitrogens is 1. The van der Waals surface area contributed by atoms with Gasteiger partial charge in [0, 0.05) is 30.6 Å². The molecule has 10 nitrogen and oxygen atoms in total. The van der Waals surface area contributed by atoms with E-state index in [1.54, 1.807) is 30.3 Å². The normalized spacial score (nSPS) is 14.0. The molecule has 1 aliphatic rings. The van der Waals surface area contributed by atoms with Crippen LogP contribution in [-0.2, 0) is 11.8 Å². The average molecular weight is 524 g/mol. The maximum absolute atomic E-state index is 13.5. The summed E-state index contributed by atoms with van der Waals surface area (Å²) in [6, 6.07) is 18.8. The third kappa shape index (κ3) is 5.08. The van der Waals surface area contributed by atoms with Crippen molar-refractivity contribution in [1.29, 1.82) is 0 Å². The quantitative estimate of drug-likeness (QED) is 0.136. The Morgan fingerprint density at radius 3 is 2.51 bits per heavy atom. The van der Waals surface area contributed by atoms with Crippen molar-refractivity contribution < 1.29 is 24.5 Å². The summed E-state index contributed by atoms with van der Waals surface area (Å²) < 4.78 is 6.58. The van der Waals surface area contributed by atoms with E-state index in [4.69, 9.17) is 9.84 Å². The minimum absolute atomic E-state index is 0.0843. The van der Waals surface area contributed by atoms with Gasteiger partial charge in [-0.2, -0.15) is 15.2 Å². The number of hydrogen-bond donors (Lipinski definition) is 3. The van der Waals surface area contributed by atoms with Gasteiger partial charge in [0.1, 0.15) is 17.2 Å². The fraction of sp³-hybridized carbons (Fsp3) is 0.103. The molecule has 5 rings (SSSR count). The summed E-state index contributed by atoms with van der Waals surface area (Å²) in [5.41, 5.74) is 7.95. The Morgan fingerprint density at radius 1 is 1.00 bits per heavy atom. The van der Waals surface area contributed by atoms with Crippen molar-refractivity contribution in [1.82, 2.24) is 4.57 Å². The maximum atomic E-state index is 13.5. The van der Waals surface area contributed by atoms with E-state index in [1.165, 1.54) is 17.1 Å². The number of benzene rings is 3. The van der Waals surface area contributed by atoms with Gasteiger partial charge in [0.05, 0.1) is 11.4 Å². The molecule has 0 radical (unpaired) electrons. The molecule has 0 unspecified atom stereocenters. The zero-order valence-corrected chi connectivity index (χ0v) is 21.4. The van der Waals surface area contributed by atoms with Crippen molar-refractivity contribution in [2.24, 2.45) is 17.3 Å². The second kappa shape index (κ2) is 10.2. The van der Waals surface area contributed by atoms with E-state index in [-0.39, 0.29) is 22.9 Å². The summed E-state index contributed by atoms with van der Waals surface area (Å²) in [5.74, 6) is -0.438. The van der Waals surface area contributed by atoms with Crippen molar-refractivity contribution in [3.8, 4) is 22.6 Å². The fourth-order valence-electron chi connectivity index (χ4n) is 4.18. The molecule has 2 heterocycles. The van der Waals surface area contributed by atoms with Gasteiger partial charge >= 0.3 is 12.1 Å². The number of carbonyl (C=O) groups is 2. The fourth-order valence-corrected chi connectivity index (χ4v) is 4.18. The van der Waals surface area contributed by atoms with E-state index in [0.717, 1.165) is 11.1 Å². The van der Waals surface area contributed by atoms with Gasteiger partial charge in [-0.05, 0) is 66.9 Å². The monoisotopic (exact) mass is 523 g/mol. The number of carboxylic acid groups (broad SMARTS) is 1. The third-order valence-corrected chi connectivity index (χ3v) is 6.33. The van der Waals surface area contributed by atoms with Gasteiger partial charge in [0.15, 0.2) is 5.71 Å². The van der Waals surface area contributed by atoms with E-state index in [1.807, 2.05) is 62.1 Å². The van der Waals surface area contributed by atoms with Gasteiger partial charge in [0.2, 0.25) is 0 Å². The van der Waals surface area contributed by atoms with Crippen LogP contribution in [0.25, 0.3) is 11.1 Å². The van der Waals surface area contributed by atoms with Gasteiger partial charge in [-0.15, -0.1) is 0 Å². The smallest absolute Gasteiger partial charge is 0.505 e. The second-order valence-electron chi connectivity index (χ2n) is 9.07. The number of phenolic OH excluding ortho intramolecular Hbond substituents is 1. The lowest BCUT2D eigenvalue weighted by Gasteiger charge is -2.13. The van der Waals surface area contributed by atoms with Crippen LogP contribution < -0.4 is 15.2 Å². The average Bonchev–Trinajstić information content (AvgIpc) is 3.47. The highest BCUT2D eigenvalue weighted by Crippen LogP contribution is 2.37. The largest absolute Gasteiger partial charge is 0.511 e. The third-order valence-electron chi connectivity index (χ3n) is 6.33. The van der Waals surface area contributed by atoms with Crippen LogP contribution in [0.4, 0.5) is 16.2 Å². The summed E-state index contributed by atoms with van der Waals surface area (Å²) in [5, 5.41) is 30.2. The Morgan fingerprint density at radius 2 is 1.79 bits per heavy atom. The first-order valence-electron chi connectivity index (χ1n) is 12.0. The predicted octanol–water partition coefficient (Wildman–Crippen LogP) is 5.29. The van der Waals surface area contributed by atoms with Crippen molar-refractivity contribution in [3.63, 3.8) is 0 Å². The number of hydrazone groups is 2. The zero-order valence-electron chi connectivity index (χ0n) is 21.4. The van der Waals surface area contributed by atoms with Gasteiger partial charge in [-0.25, -0.2) is 4.79 Å². The molecular formula is C29H25N5O5. The highest BCUT2D eigenvalue weighted by atomic mass is 16.7. The Kier molecular flexibility index (Phi) is 6.59. The van der Waals surface area contributed by atoms with Gasteiger partial charge in [-0.3, -0.25) is 10.2 Å². The molecule has 3 aromatic carbocycles. The van der Waals surface area contributed by atoms with Crippen molar-refractivity contribution in [3.05, 3.63) is 95.8 Å². The second-order valence-corrected chi connectivity index (χ2v) is 9.07. The van der Waals surface area contributed by atoms with E-state index < -0.39 is 12.1 Å². The molecule has 3 N–H and O–H groups in total. The molecule has 0 bridgehead atoms. The topological polar surface area (TPSA) is 129 Å². The number of hydrogen-bond acceptors (Lipinski definition) is 7. The van der Waals surface area contributed by atoms with Crippen LogP contribution in [0.5, 0.6) is 11.5 Å². The number of nitrogens with one attached hydrogen (secondary N) is 1. The molecule has 10 heteroatoms. The number of anilines is 2. The maximum Gasteiger partial charge on any atom is 0.511 e. The molecule has 0 spiro atoms. The Balaban J connectivity index is 1.50. The van der Waals surface area contributed by atoms with Crippen LogP contribution in [0.2, 0.25) is 0 Å². The molecule has 0 fully saturated rings. The lowest BCUT2D eigenvalue weighted by Crippen LogP contribution is -2.28. The molecule has 4 aromatic rings. The summed E-state index contributed by atoms with van der Waals surface area (Å²) in [4.78, 5) is 24.4. The number of rotatable bonds is 6. The number of ether oxygens (including phenoxy) is 1. The van der Waals surface area contributed by atoms with Crippen molar-refractivity contribution in [2.45, 2.75) is 13.8 Å². The number of nitrogens with zero attached hydrogens (tertiary/aromatic N) is 4. The van der Waals surface area contributed by atoms with Gasteiger partial charge in [0.25, 0.3) is 0 Å². The molecule has 0 saturated heterocycles. The number of para-hydroxylation sites is 1. The zero-order chi connectivity index (χ0) is 27.7. The molecular weight excluding hydrogens is 498 g/mol. The van der Waals surface area contributed by atoms with E-state index in [0.29, 0.717) is 28.1 Å². The molecule has 1 amide bonds. The van der Waals surface area contributed by atoms with Crippen LogP contribution in [-0.4, -0.2) is 38.3 Å². The summed E-state index contributed by atoms with van der Waals surface area (Å²) >= 11 is 0. The van der Waals surface area contributed by atoms with E-state index in [9.17, 15) is 14.7 Å². The van der Waals surface area contributed by atoms with Crippen LogP contribution >= 0.6 is 0 Å². The Hall–Kier alpha value is -5.38. The molecule has 1 aromatic heterocycles. The van der Waals surface area contributed by atoms with Crippen LogP contribution in [0, 0.1) is 13.8 Å². The highest BCUT2D eigenvalue weighted by Gasteiger charge is 2.34. The first-order chi connectivity index (χ1) is 18.7. The Labute approximate surface area is 224 Å². The minimum Gasteiger partial charge on any atom is -0.505 e. The van der Waals surface area contributed by atoms with Gasteiger partial charge < -0.3 is 19.5 Å². The molecule has 1 aliphatic heterocycles. The summed E-state index contributed by atoms with van der Waals surface area (Å²) in [6.45, 7) is 3.97. The molecule has 0 saturated carbocycles. The standard InChI is InChI=1S/C29H25N5O5/c1-17-10-11-21(14-18(17)2)34-28(36)26(25(32-34)20-12-13-33(3)16-20)31-30-24-9-5-8-23(27(24)35)19-6-4-7-22(15-19)39-29(37)38/h4-16,30,35H,1-3H3,(H,37,38). The SMILES string of the molecule is Cc1ccc(N2N=C(c3ccn(C)c3)C(=NNc3cccc(-c4cccc(OC(=O)O)c4)c3O)C2=O)cc1C. The van der Waals surface area contributed by atoms with Gasteiger partial charge in [-0.1, -0.05) is 30.3 Å². The number of aromatic hydroxyl groups is 1.